The summed E-state index contributed by atoms with van der Waals surface area (Å²) >= 11 is 0. The third kappa shape index (κ3) is 3.95. The molecule has 0 saturated carbocycles. The molecule has 0 saturated heterocycles. The zero-order valence-corrected chi connectivity index (χ0v) is 20.4. The Morgan fingerprint density at radius 2 is 1.33 bits per heavy atom. The molecule has 33 heavy (non-hydrogen) atoms. The molecule has 2 heterocycles. The normalized spacial score (nSPS) is 12.5. The smallest absolute Gasteiger partial charge is 0.144 e. The Balaban J connectivity index is 1.62. The summed E-state index contributed by atoms with van der Waals surface area (Å²) in [7, 11) is 0. The van der Waals surface area contributed by atoms with Crippen molar-refractivity contribution in [1.29, 1.82) is 0 Å². The fraction of sp³-hybridized carbons (Fsp3) is 0.258. The lowest BCUT2D eigenvalue weighted by Crippen LogP contribution is -2.11. The standard InChI is InChI=1S/C31H31NO/c1-30(2,3)22-13-10-20(11-14-22)21-12-15-24-25-8-7-9-26(29(25)33-28(24)18-21)27-19-23(16-17-32-27)31(4,5)6/h7-19H,1-6H3. The van der Waals surface area contributed by atoms with Crippen molar-refractivity contribution in [2.45, 2.75) is 52.4 Å². The van der Waals surface area contributed by atoms with Crippen molar-refractivity contribution in [1.82, 2.24) is 4.98 Å². The van der Waals surface area contributed by atoms with Crippen LogP contribution in [0.15, 0.2) is 83.4 Å². The minimum atomic E-state index is 0.0664. The van der Waals surface area contributed by atoms with E-state index >= 15 is 0 Å². The topological polar surface area (TPSA) is 26.0 Å². The van der Waals surface area contributed by atoms with E-state index in [1.165, 1.54) is 16.7 Å². The molecule has 166 valence electrons. The van der Waals surface area contributed by atoms with E-state index in [-0.39, 0.29) is 10.8 Å². The van der Waals surface area contributed by atoms with E-state index in [1.807, 2.05) is 6.20 Å². The van der Waals surface area contributed by atoms with Gasteiger partial charge in [0.15, 0.2) is 0 Å². The van der Waals surface area contributed by atoms with Gasteiger partial charge in [-0.05, 0) is 63.4 Å². The molecule has 5 rings (SSSR count). The number of rotatable bonds is 2. The van der Waals surface area contributed by atoms with Crippen molar-refractivity contribution >= 4 is 21.9 Å². The van der Waals surface area contributed by atoms with Crippen molar-refractivity contribution in [3.05, 3.63) is 90.1 Å². The first-order chi connectivity index (χ1) is 15.6. The Morgan fingerprint density at radius 3 is 2.03 bits per heavy atom. The van der Waals surface area contributed by atoms with Gasteiger partial charge in [-0.3, -0.25) is 4.98 Å². The minimum Gasteiger partial charge on any atom is -0.455 e. The van der Waals surface area contributed by atoms with Crippen LogP contribution in [0.1, 0.15) is 52.7 Å². The maximum absolute atomic E-state index is 6.46. The van der Waals surface area contributed by atoms with E-state index < -0.39 is 0 Å². The minimum absolute atomic E-state index is 0.0664. The van der Waals surface area contributed by atoms with Crippen LogP contribution in [0.25, 0.3) is 44.3 Å². The van der Waals surface area contributed by atoms with Crippen LogP contribution in [-0.2, 0) is 10.8 Å². The number of benzene rings is 3. The zero-order valence-electron chi connectivity index (χ0n) is 20.4. The molecule has 0 radical (unpaired) electrons. The number of furan rings is 1. The predicted octanol–water partition coefficient (Wildman–Crippen LogP) is 8.91. The molecule has 0 amide bonds. The van der Waals surface area contributed by atoms with Gasteiger partial charge in [-0.1, -0.05) is 84.0 Å². The van der Waals surface area contributed by atoms with Crippen molar-refractivity contribution in [2.24, 2.45) is 0 Å². The maximum Gasteiger partial charge on any atom is 0.144 e. The second kappa shape index (κ2) is 7.59. The molecule has 3 aromatic carbocycles. The van der Waals surface area contributed by atoms with E-state index in [0.717, 1.165) is 38.8 Å². The van der Waals surface area contributed by atoms with Gasteiger partial charge in [0, 0.05) is 22.5 Å². The summed E-state index contributed by atoms with van der Waals surface area (Å²) in [5.74, 6) is 0. The van der Waals surface area contributed by atoms with Gasteiger partial charge < -0.3 is 4.42 Å². The third-order valence-electron chi connectivity index (χ3n) is 6.49. The summed E-state index contributed by atoms with van der Waals surface area (Å²) in [4.78, 5) is 4.68. The molecule has 0 aliphatic heterocycles. The molecule has 0 fully saturated rings. The van der Waals surface area contributed by atoms with E-state index in [2.05, 4.69) is 119 Å². The fourth-order valence-electron chi connectivity index (χ4n) is 4.39. The molecular formula is C31H31NO. The summed E-state index contributed by atoms with van der Waals surface area (Å²) in [6, 6.07) is 26.0. The number of pyridine rings is 1. The first-order valence-corrected chi connectivity index (χ1v) is 11.6. The van der Waals surface area contributed by atoms with Gasteiger partial charge in [-0.2, -0.15) is 0 Å². The maximum atomic E-state index is 6.46. The van der Waals surface area contributed by atoms with Crippen LogP contribution in [0.3, 0.4) is 0 Å². The molecule has 0 N–H and O–H groups in total. The third-order valence-corrected chi connectivity index (χ3v) is 6.49. The summed E-state index contributed by atoms with van der Waals surface area (Å²) in [6.07, 6.45) is 1.90. The lowest BCUT2D eigenvalue weighted by molar-refractivity contribution is 0.589. The molecule has 0 atom stereocenters. The van der Waals surface area contributed by atoms with E-state index in [1.54, 1.807) is 0 Å². The lowest BCUT2D eigenvalue weighted by Gasteiger charge is -2.19. The van der Waals surface area contributed by atoms with Crippen LogP contribution in [-0.4, -0.2) is 4.98 Å². The molecule has 2 aromatic heterocycles. The van der Waals surface area contributed by atoms with Gasteiger partial charge in [0.25, 0.3) is 0 Å². The van der Waals surface area contributed by atoms with Crippen LogP contribution in [0.4, 0.5) is 0 Å². The number of fused-ring (bicyclic) bond motifs is 3. The quantitative estimate of drug-likeness (QED) is 0.278. The molecule has 2 heteroatoms. The van der Waals surface area contributed by atoms with Gasteiger partial charge in [-0.25, -0.2) is 0 Å². The molecule has 0 spiro atoms. The van der Waals surface area contributed by atoms with E-state index in [9.17, 15) is 0 Å². The van der Waals surface area contributed by atoms with E-state index in [4.69, 9.17) is 4.42 Å². The predicted molar refractivity (Wildman–Crippen MR) is 140 cm³/mol. The number of hydrogen-bond donors (Lipinski definition) is 0. The Hall–Kier alpha value is -3.39. The van der Waals surface area contributed by atoms with Crippen LogP contribution in [0.2, 0.25) is 0 Å². The molecule has 0 unspecified atom stereocenters. The monoisotopic (exact) mass is 433 g/mol. The molecule has 5 aromatic rings. The first kappa shape index (κ1) is 21.5. The lowest BCUT2D eigenvalue weighted by atomic mass is 9.86. The summed E-state index contributed by atoms with van der Waals surface area (Å²) in [5.41, 5.74) is 8.96. The fourth-order valence-corrected chi connectivity index (χ4v) is 4.39. The average Bonchev–Trinajstić information content (AvgIpc) is 3.16. The van der Waals surface area contributed by atoms with E-state index in [0.29, 0.717) is 0 Å². The Bertz CT molecular complexity index is 1460. The Morgan fingerprint density at radius 1 is 0.636 bits per heavy atom. The zero-order chi connectivity index (χ0) is 23.4. The Labute approximate surface area is 196 Å². The molecular weight excluding hydrogens is 402 g/mol. The van der Waals surface area contributed by atoms with Crippen molar-refractivity contribution < 1.29 is 4.42 Å². The Kier molecular flexibility index (Phi) is 4.93. The van der Waals surface area contributed by atoms with Gasteiger partial charge in [0.05, 0.1) is 5.69 Å². The van der Waals surface area contributed by atoms with Crippen molar-refractivity contribution in [3.8, 4) is 22.4 Å². The second-order valence-electron chi connectivity index (χ2n) is 11.0. The first-order valence-electron chi connectivity index (χ1n) is 11.6. The van der Waals surface area contributed by atoms with Crippen LogP contribution >= 0.6 is 0 Å². The van der Waals surface area contributed by atoms with Gasteiger partial charge in [0.1, 0.15) is 11.2 Å². The van der Waals surface area contributed by atoms with Crippen LogP contribution in [0, 0.1) is 0 Å². The number of hydrogen-bond acceptors (Lipinski definition) is 2. The molecule has 0 aliphatic carbocycles. The van der Waals surface area contributed by atoms with Gasteiger partial charge in [0.2, 0.25) is 0 Å². The molecule has 0 aliphatic rings. The summed E-state index contributed by atoms with van der Waals surface area (Å²) in [5, 5.41) is 2.26. The SMILES string of the molecule is CC(C)(C)c1ccc(-c2ccc3c(c2)oc2c(-c4cc(C(C)(C)C)ccn4)cccc23)cc1. The highest BCUT2D eigenvalue weighted by Crippen LogP contribution is 2.38. The number of nitrogens with zero attached hydrogens (tertiary/aromatic N) is 1. The average molecular weight is 434 g/mol. The van der Waals surface area contributed by atoms with Crippen molar-refractivity contribution in [2.75, 3.05) is 0 Å². The molecule has 2 nitrogen and oxygen atoms in total. The van der Waals surface area contributed by atoms with Crippen LogP contribution in [0.5, 0.6) is 0 Å². The largest absolute Gasteiger partial charge is 0.455 e. The van der Waals surface area contributed by atoms with Gasteiger partial charge >= 0.3 is 0 Å². The molecule has 0 bridgehead atoms. The summed E-state index contributed by atoms with van der Waals surface area (Å²) < 4.78 is 6.46. The highest BCUT2D eigenvalue weighted by molar-refractivity contribution is 6.10. The number of aromatic nitrogens is 1. The second-order valence-corrected chi connectivity index (χ2v) is 11.0. The highest BCUT2D eigenvalue weighted by atomic mass is 16.3. The number of para-hydroxylation sites is 1. The highest BCUT2D eigenvalue weighted by Gasteiger charge is 2.18. The van der Waals surface area contributed by atoms with Crippen LogP contribution < -0.4 is 0 Å². The summed E-state index contributed by atoms with van der Waals surface area (Å²) in [6.45, 7) is 13.4. The van der Waals surface area contributed by atoms with Crippen molar-refractivity contribution in [3.63, 3.8) is 0 Å². The van der Waals surface area contributed by atoms with Gasteiger partial charge in [-0.15, -0.1) is 0 Å².